The van der Waals surface area contributed by atoms with Crippen molar-refractivity contribution >= 4 is 6.08 Å². The first kappa shape index (κ1) is 6.43. The summed E-state index contributed by atoms with van der Waals surface area (Å²) in [5.74, 6) is 0. The van der Waals surface area contributed by atoms with Crippen LogP contribution in [-0.4, -0.2) is 9.97 Å². The molecule has 0 saturated carbocycles. The molecule has 3 nitrogen and oxygen atoms in total. The molecule has 0 aliphatic carbocycles. The fourth-order valence-electron chi connectivity index (χ4n) is 0.530. The van der Waals surface area contributed by atoms with E-state index in [2.05, 4.69) is 9.97 Å². The zero-order valence-electron chi connectivity index (χ0n) is 5.23. The van der Waals surface area contributed by atoms with Crippen LogP contribution in [0, 0.1) is 11.3 Å². The predicted octanol–water partition coefficient (Wildman–Crippen LogP) is 1.01. The van der Waals surface area contributed by atoms with Gasteiger partial charge in [0.1, 0.15) is 6.33 Å². The summed E-state index contributed by atoms with van der Waals surface area (Å²) in [7, 11) is 0. The predicted molar refractivity (Wildman–Crippen MR) is 36.7 cm³/mol. The van der Waals surface area contributed by atoms with E-state index in [0.29, 0.717) is 0 Å². The molecule has 48 valence electrons. The largest absolute Gasteiger partial charge is 0.244 e. The summed E-state index contributed by atoms with van der Waals surface area (Å²) in [6, 6.07) is 1.88. The van der Waals surface area contributed by atoms with Gasteiger partial charge in [0.15, 0.2) is 0 Å². The zero-order chi connectivity index (χ0) is 7.23. The summed E-state index contributed by atoms with van der Waals surface area (Å²) in [5, 5.41) is 8.15. The van der Waals surface area contributed by atoms with Crippen molar-refractivity contribution in [1.29, 1.82) is 5.26 Å². The van der Waals surface area contributed by atoms with Crippen molar-refractivity contribution in [2.75, 3.05) is 0 Å². The summed E-state index contributed by atoms with van der Waals surface area (Å²) in [4.78, 5) is 7.53. The summed E-state index contributed by atoms with van der Waals surface area (Å²) in [6.07, 6.45) is 7.77. The highest BCUT2D eigenvalue weighted by atomic mass is 14.8. The van der Waals surface area contributed by atoms with Gasteiger partial charge < -0.3 is 0 Å². The van der Waals surface area contributed by atoms with Crippen LogP contribution in [-0.2, 0) is 0 Å². The average molecular weight is 131 g/mol. The van der Waals surface area contributed by atoms with Gasteiger partial charge >= 0.3 is 0 Å². The Morgan fingerprint density at radius 3 is 2.70 bits per heavy atom. The molecule has 0 saturated heterocycles. The van der Waals surface area contributed by atoms with E-state index in [0.717, 1.165) is 5.56 Å². The quantitative estimate of drug-likeness (QED) is 0.534. The summed E-state index contributed by atoms with van der Waals surface area (Å²) in [5.41, 5.74) is 0.837. The number of hydrogen-bond acceptors (Lipinski definition) is 3. The minimum Gasteiger partial charge on any atom is -0.244 e. The topological polar surface area (TPSA) is 49.6 Å². The third-order valence-corrected chi connectivity index (χ3v) is 0.931. The lowest BCUT2D eigenvalue weighted by molar-refractivity contribution is 1.16. The number of nitriles is 1. The van der Waals surface area contributed by atoms with Crippen LogP contribution in [0.5, 0.6) is 0 Å². The number of allylic oxidation sites excluding steroid dienone is 1. The highest BCUT2D eigenvalue weighted by molar-refractivity contribution is 5.48. The molecule has 10 heavy (non-hydrogen) atoms. The molecular weight excluding hydrogens is 126 g/mol. The molecule has 0 radical (unpaired) electrons. The molecular formula is C7H5N3. The molecule has 0 N–H and O–H groups in total. The second-order valence-corrected chi connectivity index (χ2v) is 1.63. The maximum atomic E-state index is 8.15. The Hall–Kier alpha value is -1.69. The Balaban J connectivity index is 2.79. The third-order valence-electron chi connectivity index (χ3n) is 0.931. The van der Waals surface area contributed by atoms with Gasteiger partial charge in [-0.1, -0.05) is 0 Å². The molecule has 0 spiro atoms. The first-order chi connectivity index (χ1) is 4.93. The van der Waals surface area contributed by atoms with E-state index in [1.165, 1.54) is 12.4 Å². The Labute approximate surface area is 58.7 Å². The third kappa shape index (κ3) is 1.67. The summed E-state index contributed by atoms with van der Waals surface area (Å²) >= 11 is 0. The summed E-state index contributed by atoms with van der Waals surface area (Å²) in [6.45, 7) is 0. The van der Waals surface area contributed by atoms with Crippen molar-refractivity contribution in [3.8, 4) is 6.07 Å². The maximum absolute atomic E-state index is 8.15. The van der Waals surface area contributed by atoms with E-state index >= 15 is 0 Å². The normalized spacial score (nSPS) is 9.50. The highest BCUT2D eigenvalue weighted by Crippen LogP contribution is 1.94. The van der Waals surface area contributed by atoms with E-state index in [9.17, 15) is 0 Å². The SMILES string of the molecule is N#C/C=C/c1cncnc1. The van der Waals surface area contributed by atoms with Gasteiger partial charge in [-0.3, -0.25) is 0 Å². The van der Waals surface area contributed by atoms with Crippen LogP contribution in [0.3, 0.4) is 0 Å². The lowest BCUT2D eigenvalue weighted by Crippen LogP contribution is -1.76. The highest BCUT2D eigenvalue weighted by Gasteiger charge is 1.81. The second-order valence-electron chi connectivity index (χ2n) is 1.63. The lowest BCUT2D eigenvalue weighted by Gasteiger charge is -1.84. The molecule has 1 aromatic heterocycles. The standard InChI is InChI=1S/C7H5N3/c8-3-1-2-7-4-9-6-10-5-7/h1-2,4-6H/b2-1+. The van der Waals surface area contributed by atoms with E-state index in [1.807, 2.05) is 6.07 Å². The van der Waals surface area contributed by atoms with Gasteiger partial charge in [0.25, 0.3) is 0 Å². The van der Waals surface area contributed by atoms with Gasteiger partial charge in [-0.2, -0.15) is 5.26 Å². The molecule has 1 rings (SSSR count). The molecule has 3 heteroatoms. The van der Waals surface area contributed by atoms with Gasteiger partial charge in [0, 0.05) is 24.0 Å². The van der Waals surface area contributed by atoms with Crippen LogP contribution in [0.4, 0.5) is 0 Å². The zero-order valence-corrected chi connectivity index (χ0v) is 5.23. The first-order valence-corrected chi connectivity index (χ1v) is 2.74. The molecule has 0 aliphatic rings. The number of nitrogens with zero attached hydrogens (tertiary/aromatic N) is 3. The van der Waals surface area contributed by atoms with Crippen LogP contribution in [0.2, 0.25) is 0 Å². The van der Waals surface area contributed by atoms with Crippen LogP contribution in [0.1, 0.15) is 5.56 Å². The molecule has 1 heterocycles. The van der Waals surface area contributed by atoms with Gasteiger partial charge in [-0.25, -0.2) is 9.97 Å². The van der Waals surface area contributed by atoms with Crippen LogP contribution in [0.15, 0.2) is 24.8 Å². The fourth-order valence-corrected chi connectivity index (χ4v) is 0.530. The van der Waals surface area contributed by atoms with Crippen molar-refractivity contribution in [2.24, 2.45) is 0 Å². The van der Waals surface area contributed by atoms with E-state index in [-0.39, 0.29) is 0 Å². The van der Waals surface area contributed by atoms with Crippen molar-refractivity contribution < 1.29 is 0 Å². The summed E-state index contributed by atoms with van der Waals surface area (Å²) < 4.78 is 0. The fraction of sp³-hybridized carbons (Fsp3) is 0. The van der Waals surface area contributed by atoms with Crippen molar-refractivity contribution in [2.45, 2.75) is 0 Å². The van der Waals surface area contributed by atoms with Gasteiger partial charge in [0.2, 0.25) is 0 Å². The lowest BCUT2D eigenvalue weighted by atomic mass is 10.3. The number of hydrogen-bond donors (Lipinski definition) is 0. The van der Waals surface area contributed by atoms with Crippen LogP contribution < -0.4 is 0 Å². The monoisotopic (exact) mass is 131 g/mol. The Kier molecular flexibility index (Phi) is 2.16. The number of rotatable bonds is 1. The second kappa shape index (κ2) is 3.36. The Bertz CT molecular complexity index is 258. The van der Waals surface area contributed by atoms with Gasteiger partial charge in [-0.05, 0) is 6.08 Å². The van der Waals surface area contributed by atoms with Crippen molar-refractivity contribution in [3.63, 3.8) is 0 Å². The van der Waals surface area contributed by atoms with E-state index in [1.54, 1.807) is 18.5 Å². The molecule has 0 bridgehead atoms. The van der Waals surface area contributed by atoms with Crippen molar-refractivity contribution in [1.82, 2.24) is 9.97 Å². The average Bonchev–Trinajstić information content (AvgIpc) is 2.03. The molecule has 0 atom stereocenters. The minimum absolute atomic E-state index is 0.837. The van der Waals surface area contributed by atoms with Gasteiger partial charge in [0.05, 0.1) is 6.07 Å². The number of aromatic nitrogens is 2. The van der Waals surface area contributed by atoms with E-state index in [4.69, 9.17) is 5.26 Å². The smallest absolute Gasteiger partial charge is 0.115 e. The Morgan fingerprint density at radius 2 is 2.10 bits per heavy atom. The van der Waals surface area contributed by atoms with Gasteiger partial charge in [-0.15, -0.1) is 0 Å². The molecule has 0 fully saturated rings. The molecule has 0 unspecified atom stereocenters. The molecule has 1 aromatic rings. The maximum Gasteiger partial charge on any atom is 0.115 e. The minimum atomic E-state index is 0.837. The van der Waals surface area contributed by atoms with Crippen LogP contribution >= 0.6 is 0 Å². The molecule has 0 aliphatic heterocycles. The van der Waals surface area contributed by atoms with E-state index < -0.39 is 0 Å². The van der Waals surface area contributed by atoms with Crippen molar-refractivity contribution in [3.05, 3.63) is 30.4 Å². The molecule has 0 aromatic carbocycles. The molecule has 0 amide bonds. The first-order valence-electron chi connectivity index (χ1n) is 2.74. The Morgan fingerprint density at radius 1 is 1.40 bits per heavy atom. The van der Waals surface area contributed by atoms with Crippen LogP contribution in [0.25, 0.3) is 6.08 Å².